The van der Waals surface area contributed by atoms with Gasteiger partial charge in [-0.3, -0.25) is 9.69 Å². The van der Waals surface area contributed by atoms with E-state index in [4.69, 9.17) is 5.11 Å². The number of nitrogens with one attached hydrogen (secondary N) is 1. The molecule has 2 aliphatic rings. The van der Waals surface area contributed by atoms with Gasteiger partial charge in [0.1, 0.15) is 0 Å². The van der Waals surface area contributed by atoms with Crippen LogP contribution in [0.4, 0.5) is 10.5 Å². The summed E-state index contributed by atoms with van der Waals surface area (Å²) in [6, 6.07) is 16.9. The third-order valence-corrected chi connectivity index (χ3v) is 7.85. The maximum absolute atomic E-state index is 13.7. The van der Waals surface area contributed by atoms with Crippen LogP contribution >= 0.6 is 0 Å². The Balaban J connectivity index is 1.49. The van der Waals surface area contributed by atoms with Gasteiger partial charge in [0.25, 0.3) is 5.91 Å². The van der Waals surface area contributed by atoms with Crippen molar-refractivity contribution in [3.8, 4) is 0 Å². The number of amides is 3. The summed E-state index contributed by atoms with van der Waals surface area (Å²) < 4.78 is 0. The van der Waals surface area contributed by atoms with Crippen molar-refractivity contribution in [1.82, 2.24) is 10.2 Å². The lowest BCUT2D eigenvalue weighted by molar-refractivity contribution is -0.146. The third-order valence-electron chi connectivity index (χ3n) is 7.85. The maximum Gasteiger partial charge on any atom is 0.334 e. The average molecular weight is 508 g/mol. The second kappa shape index (κ2) is 11.8. The van der Waals surface area contributed by atoms with Gasteiger partial charge in [0.15, 0.2) is 6.10 Å². The largest absolute Gasteiger partial charge is 0.479 e. The zero-order chi connectivity index (χ0) is 26.4. The minimum atomic E-state index is -1.65. The average Bonchev–Trinajstić information content (AvgIpc) is 3.18. The van der Waals surface area contributed by atoms with E-state index in [-0.39, 0.29) is 18.1 Å². The zero-order valence-electron chi connectivity index (χ0n) is 21.4. The molecule has 8 nitrogen and oxygen atoms in total. The van der Waals surface area contributed by atoms with E-state index in [1.165, 1.54) is 19.3 Å². The molecule has 2 aromatic carbocycles. The summed E-state index contributed by atoms with van der Waals surface area (Å²) >= 11 is 0. The number of hydrogen-bond acceptors (Lipinski definition) is 4. The number of carbonyl (C=O) groups excluding carboxylic acids is 2. The number of hydrogen-bond donors (Lipinski definition) is 3. The molecule has 1 aliphatic carbocycles. The first-order valence-corrected chi connectivity index (χ1v) is 13.2. The Morgan fingerprint density at radius 2 is 1.76 bits per heavy atom. The number of para-hydroxylation sites is 1. The topological polar surface area (TPSA) is 110 Å². The van der Waals surface area contributed by atoms with Gasteiger partial charge in [0.05, 0.1) is 18.6 Å². The number of nitrogens with zero attached hydrogens (tertiary/aromatic N) is 2. The van der Waals surface area contributed by atoms with Crippen molar-refractivity contribution >= 4 is 23.6 Å². The molecule has 1 heterocycles. The molecule has 0 aromatic heterocycles. The van der Waals surface area contributed by atoms with Gasteiger partial charge in [0, 0.05) is 17.8 Å². The number of benzene rings is 2. The van der Waals surface area contributed by atoms with Crippen LogP contribution < -0.4 is 10.2 Å². The van der Waals surface area contributed by atoms with E-state index in [9.17, 15) is 19.5 Å². The summed E-state index contributed by atoms with van der Waals surface area (Å²) in [6.07, 6.45) is 6.32. The van der Waals surface area contributed by atoms with E-state index < -0.39 is 18.0 Å². The number of urea groups is 1. The highest BCUT2D eigenvalue weighted by atomic mass is 16.4. The van der Waals surface area contributed by atoms with Crippen LogP contribution in [0.1, 0.15) is 67.8 Å². The summed E-state index contributed by atoms with van der Waals surface area (Å²) in [4.78, 5) is 40.8. The number of aliphatic hydroxyl groups excluding tert-OH is 1. The van der Waals surface area contributed by atoms with Crippen LogP contribution in [0.2, 0.25) is 0 Å². The van der Waals surface area contributed by atoms with Crippen LogP contribution in [-0.2, 0) is 11.3 Å². The van der Waals surface area contributed by atoms with Gasteiger partial charge in [0.2, 0.25) is 0 Å². The summed E-state index contributed by atoms with van der Waals surface area (Å²) in [7, 11) is 0. The van der Waals surface area contributed by atoms with Crippen molar-refractivity contribution in [2.24, 2.45) is 5.92 Å². The van der Waals surface area contributed by atoms with E-state index in [0.717, 1.165) is 42.9 Å². The first-order chi connectivity index (χ1) is 17.8. The summed E-state index contributed by atoms with van der Waals surface area (Å²) in [5.41, 5.74) is 2.00. The Morgan fingerprint density at radius 3 is 2.38 bits per heavy atom. The van der Waals surface area contributed by atoms with Crippen LogP contribution in [0.25, 0.3) is 0 Å². The van der Waals surface area contributed by atoms with Crippen LogP contribution in [0.15, 0.2) is 54.6 Å². The third kappa shape index (κ3) is 6.13. The van der Waals surface area contributed by atoms with Crippen molar-refractivity contribution in [2.45, 2.75) is 70.1 Å². The molecular weight excluding hydrogens is 470 g/mol. The lowest BCUT2D eigenvalue weighted by Gasteiger charge is -2.42. The molecule has 198 valence electrons. The molecule has 1 atom stereocenters. The van der Waals surface area contributed by atoms with Crippen LogP contribution in [0.5, 0.6) is 0 Å². The Bertz CT molecular complexity index is 1080. The number of rotatable bonds is 10. The lowest BCUT2D eigenvalue weighted by atomic mass is 9.74. The molecule has 0 bridgehead atoms. The molecule has 1 saturated heterocycles. The molecule has 1 spiro atoms. The SMILES string of the molecule is CCCCC1CCC2(CC1)CN(c1ccccc1)C(=O)N2Cc1ccc(C(=O)NCC(O)C(=O)O)cc1. The zero-order valence-corrected chi connectivity index (χ0v) is 21.4. The van der Waals surface area contributed by atoms with Gasteiger partial charge in [-0.15, -0.1) is 0 Å². The van der Waals surface area contributed by atoms with E-state index >= 15 is 0 Å². The fraction of sp³-hybridized carbons (Fsp3) is 0.483. The molecule has 1 unspecified atom stereocenters. The van der Waals surface area contributed by atoms with Crippen molar-refractivity contribution < 1.29 is 24.6 Å². The first-order valence-electron chi connectivity index (χ1n) is 13.2. The minimum absolute atomic E-state index is 0.0164. The molecule has 1 aliphatic heterocycles. The van der Waals surface area contributed by atoms with E-state index in [1.807, 2.05) is 52.3 Å². The number of aliphatic carboxylic acids is 1. The van der Waals surface area contributed by atoms with Crippen LogP contribution in [-0.4, -0.2) is 57.8 Å². The number of aliphatic hydroxyl groups is 1. The molecule has 3 N–H and O–H groups in total. The van der Waals surface area contributed by atoms with Gasteiger partial charge in [-0.1, -0.05) is 56.5 Å². The van der Waals surface area contributed by atoms with Crippen molar-refractivity contribution in [3.05, 3.63) is 65.7 Å². The molecule has 4 rings (SSSR count). The Morgan fingerprint density at radius 1 is 1.08 bits per heavy atom. The van der Waals surface area contributed by atoms with Crippen molar-refractivity contribution in [1.29, 1.82) is 0 Å². The van der Waals surface area contributed by atoms with Gasteiger partial charge in [-0.2, -0.15) is 0 Å². The van der Waals surface area contributed by atoms with Gasteiger partial charge in [-0.05, 0) is 61.4 Å². The fourth-order valence-electron chi connectivity index (χ4n) is 5.59. The Kier molecular flexibility index (Phi) is 8.48. The summed E-state index contributed by atoms with van der Waals surface area (Å²) in [6.45, 7) is 3.01. The number of carboxylic acid groups (broad SMARTS) is 1. The Labute approximate surface area is 218 Å². The highest BCUT2D eigenvalue weighted by Crippen LogP contribution is 2.44. The number of carbonyl (C=O) groups is 3. The standard InChI is InChI=1S/C29H37N3O5/c1-2-3-7-21-14-16-29(17-15-21)20-31(24-8-5-4-6-9-24)28(37)32(29)19-22-10-12-23(13-11-22)26(34)30-18-25(33)27(35)36/h4-6,8-13,21,25,33H,2-3,7,14-20H2,1H3,(H,30,34)(H,35,36). The predicted octanol–water partition coefficient (Wildman–Crippen LogP) is 4.42. The van der Waals surface area contributed by atoms with Gasteiger partial charge >= 0.3 is 12.0 Å². The Hall–Kier alpha value is -3.39. The monoisotopic (exact) mass is 507 g/mol. The number of anilines is 1. The van der Waals surface area contributed by atoms with E-state index in [1.54, 1.807) is 12.1 Å². The highest BCUT2D eigenvalue weighted by molar-refractivity contribution is 5.96. The molecule has 3 amide bonds. The molecule has 2 aromatic rings. The molecule has 8 heteroatoms. The van der Waals surface area contributed by atoms with E-state index in [0.29, 0.717) is 18.7 Å². The van der Waals surface area contributed by atoms with Crippen molar-refractivity contribution in [2.75, 3.05) is 18.0 Å². The predicted molar refractivity (Wildman–Crippen MR) is 141 cm³/mol. The molecular formula is C29H37N3O5. The minimum Gasteiger partial charge on any atom is -0.479 e. The second-order valence-corrected chi connectivity index (χ2v) is 10.4. The summed E-state index contributed by atoms with van der Waals surface area (Å²) in [5, 5.41) is 20.6. The smallest absolute Gasteiger partial charge is 0.334 e. The van der Waals surface area contributed by atoms with Gasteiger partial charge < -0.3 is 20.4 Å². The molecule has 2 fully saturated rings. The first kappa shape index (κ1) is 26.7. The van der Waals surface area contributed by atoms with Gasteiger partial charge in [-0.25, -0.2) is 9.59 Å². The maximum atomic E-state index is 13.7. The molecule has 1 saturated carbocycles. The molecule has 0 radical (unpaired) electrons. The normalized spacial score (nSPS) is 22.3. The van der Waals surface area contributed by atoms with Crippen LogP contribution in [0, 0.1) is 5.92 Å². The lowest BCUT2D eigenvalue weighted by Crippen LogP contribution is -2.49. The second-order valence-electron chi connectivity index (χ2n) is 10.4. The highest BCUT2D eigenvalue weighted by Gasteiger charge is 2.51. The fourth-order valence-corrected chi connectivity index (χ4v) is 5.59. The molecule has 37 heavy (non-hydrogen) atoms. The summed E-state index contributed by atoms with van der Waals surface area (Å²) in [5.74, 6) is -1.12. The number of carboxylic acids is 1. The quantitative estimate of drug-likeness (QED) is 0.441. The van der Waals surface area contributed by atoms with Crippen molar-refractivity contribution in [3.63, 3.8) is 0 Å². The number of unbranched alkanes of at least 4 members (excludes halogenated alkanes) is 1. The van der Waals surface area contributed by atoms with Crippen LogP contribution in [0.3, 0.4) is 0 Å². The van der Waals surface area contributed by atoms with E-state index in [2.05, 4.69) is 12.2 Å².